The van der Waals surface area contributed by atoms with Crippen LogP contribution in [0.2, 0.25) is 0 Å². The second-order valence-electron chi connectivity index (χ2n) is 5.17. The van der Waals surface area contributed by atoms with Crippen molar-refractivity contribution >= 4 is 28.6 Å². The SMILES string of the molecule is Cn1c(C(=O)O)cc2cccc(NC(=O)N3CCOCC3)c21. The molecule has 2 heterocycles. The van der Waals surface area contributed by atoms with Crippen LogP contribution in [-0.4, -0.2) is 52.9 Å². The predicted octanol–water partition coefficient (Wildman–Crippen LogP) is 1.74. The third kappa shape index (κ3) is 2.50. The molecule has 0 atom stereocenters. The van der Waals surface area contributed by atoms with Crippen LogP contribution in [0.1, 0.15) is 10.5 Å². The zero-order chi connectivity index (χ0) is 15.7. The van der Waals surface area contributed by atoms with Gasteiger partial charge in [0.1, 0.15) is 5.69 Å². The number of morpholine rings is 1. The molecular formula is C15H17N3O4. The standard InChI is InChI=1S/C15H17N3O4/c1-17-12(14(19)20)9-10-3-2-4-11(13(10)17)16-15(21)18-5-7-22-8-6-18/h2-4,9H,5-8H2,1H3,(H,16,21)(H,19,20). The first-order valence-corrected chi connectivity index (χ1v) is 7.03. The van der Waals surface area contributed by atoms with Gasteiger partial charge < -0.3 is 24.6 Å². The zero-order valence-electron chi connectivity index (χ0n) is 12.2. The zero-order valence-corrected chi connectivity index (χ0v) is 12.2. The number of carboxylic acids is 1. The van der Waals surface area contributed by atoms with E-state index in [1.807, 2.05) is 6.07 Å². The van der Waals surface area contributed by atoms with Crippen LogP contribution >= 0.6 is 0 Å². The minimum Gasteiger partial charge on any atom is -0.477 e. The van der Waals surface area contributed by atoms with Crippen LogP contribution in [-0.2, 0) is 11.8 Å². The van der Waals surface area contributed by atoms with Crippen LogP contribution < -0.4 is 5.32 Å². The molecule has 0 bridgehead atoms. The average molecular weight is 303 g/mol. The molecule has 0 spiro atoms. The molecule has 22 heavy (non-hydrogen) atoms. The molecule has 7 heteroatoms. The Bertz CT molecular complexity index is 732. The van der Waals surface area contributed by atoms with E-state index in [2.05, 4.69) is 5.32 Å². The third-order valence-corrected chi connectivity index (χ3v) is 3.82. The lowest BCUT2D eigenvalue weighted by Crippen LogP contribution is -2.43. The number of carboxylic acid groups (broad SMARTS) is 1. The van der Waals surface area contributed by atoms with E-state index in [1.54, 1.807) is 34.7 Å². The average Bonchev–Trinajstić information content (AvgIpc) is 2.86. The lowest BCUT2D eigenvalue weighted by molar-refractivity contribution is 0.0565. The number of aromatic nitrogens is 1. The van der Waals surface area contributed by atoms with Crippen molar-refractivity contribution < 1.29 is 19.4 Å². The summed E-state index contributed by atoms with van der Waals surface area (Å²) in [5, 5.41) is 12.9. The maximum Gasteiger partial charge on any atom is 0.352 e. The van der Waals surface area contributed by atoms with Crippen LogP contribution in [0.4, 0.5) is 10.5 Å². The fourth-order valence-corrected chi connectivity index (χ4v) is 2.68. The summed E-state index contributed by atoms with van der Waals surface area (Å²) in [6, 6.07) is 6.79. The first kappa shape index (κ1) is 14.4. The van der Waals surface area contributed by atoms with E-state index < -0.39 is 5.97 Å². The summed E-state index contributed by atoms with van der Waals surface area (Å²) in [4.78, 5) is 25.2. The number of urea groups is 1. The number of benzene rings is 1. The Balaban J connectivity index is 1.93. The lowest BCUT2D eigenvalue weighted by Gasteiger charge is -2.27. The predicted molar refractivity (Wildman–Crippen MR) is 81.3 cm³/mol. The number of nitrogens with zero attached hydrogens (tertiary/aromatic N) is 2. The quantitative estimate of drug-likeness (QED) is 0.885. The molecule has 1 aromatic carbocycles. The number of aryl methyl sites for hydroxylation is 1. The van der Waals surface area contributed by atoms with E-state index in [1.165, 1.54) is 0 Å². The summed E-state index contributed by atoms with van der Waals surface area (Å²) in [7, 11) is 1.68. The van der Waals surface area contributed by atoms with Gasteiger partial charge in [-0.05, 0) is 12.1 Å². The first-order chi connectivity index (χ1) is 10.6. The number of hydrogen-bond acceptors (Lipinski definition) is 3. The van der Waals surface area contributed by atoms with Crippen molar-refractivity contribution in [3.63, 3.8) is 0 Å². The minimum atomic E-state index is -0.996. The summed E-state index contributed by atoms with van der Waals surface area (Å²) in [6.45, 7) is 2.17. The Morgan fingerprint density at radius 2 is 2.00 bits per heavy atom. The highest BCUT2D eigenvalue weighted by molar-refractivity contribution is 6.03. The van der Waals surface area contributed by atoms with E-state index in [4.69, 9.17) is 4.74 Å². The Morgan fingerprint density at radius 3 is 2.68 bits per heavy atom. The molecule has 1 saturated heterocycles. The second-order valence-corrected chi connectivity index (χ2v) is 5.17. The number of hydrogen-bond donors (Lipinski definition) is 2. The van der Waals surface area contributed by atoms with Gasteiger partial charge in [-0.3, -0.25) is 0 Å². The van der Waals surface area contributed by atoms with Crippen molar-refractivity contribution in [2.75, 3.05) is 31.6 Å². The Labute approximate surface area is 127 Å². The third-order valence-electron chi connectivity index (χ3n) is 3.82. The lowest BCUT2D eigenvalue weighted by atomic mass is 10.2. The smallest absolute Gasteiger partial charge is 0.352 e. The number of carbonyl (C=O) groups excluding carboxylic acids is 1. The summed E-state index contributed by atoms with van der Waals surface area (Å²) in [5.74, 6) is -0.996. The highest BCUT2D eigenvalue weighted by atomic mass is 16.5. The highest BCUT2D eigenvalue weighted by Gasteiger charge is 2.19. The van der Waals surface area contributed by atoms with Crippen LogP contribution in [0.25, 0.3) is 10.9 Å². The molecule has 2 amide bonds. The van der Waals surface area contributed by atoms with Gasteiger partial charge in [0.25, 0.3) is 0 Å². The van der Waals surface area contributed by atoms with E-state index in [-0.39, 0.29) is 11.7 Å². The molecule has 1 aliphatic rings. The number of ether oxygens (including phenoxy) is 1. The molecule has 7 nitrogen and oxygen atoms in total. The van der Waals surface area contributed by atoms with E-state index >= 15 is 0 Å². The van der Waals surface area contributed by atoms with E-state index in [0.717, 1.165) is 5.39 Å². The van der Waals surface area contributed by atoms with Crippen LogP contribution in [0.3, 0.4) is 0 Å². The molecule has 1 aromatic heterocycles. The van der Waals surface area contributed by atoms with Gasteiger partial charge in [0.05, 0.1) is 24.4 Å². The van der Waals surface area contributed by atoms with Crippen molar-refractivity contribution in [1.82, 2.24) is 9.47 Å². The summed E-state index contributed by atoms with van der Waals surface area (Å²) in [6.07, 6.45) is 0. The molecular weight excluding hydrogens is 286 g/mol. The van der Waals surface area contributed by atoms with Crippen molar-refractivity contribution in [3.05, 3.63) is 30.0 Å². The molecule has 1 aliphatic heterocycles. The molecule has 0 aliphatic carbocycles. The van der Waals surface area contributed by atoms with Crippen LogP contribution in [0, 0.1) is 0 Å². The van der Waals surface area contributed by atoms with Gasteiger partial charge in [0.2, 0.25) is 0 Å². The van der Waals surface area contributed by atoms with E-state index in [9.17, 15) is 14.7 Å². The van der Waals surface area contributed by atoms with Crippen molar-refractivity contribution in [2.45, 2.75) is 0 Å². The fraction of sp³-hybridized carbons (Fsp3) is 0.333. The van der Waals surface area contributed by atoms with Gasteiger partial charge in [0.15, 0.2) is 0 Å². The number of aromatic carboxylic acids is 1. The van der Waals surface area contributed by atoms with Gasteiger partial charge in [0, 0.05) is 25.5 Å². The minimum absolute atomic E-state index is 0.183. The van der Waals surface area contributed by atoms with Crippen LogP contribution in [0.5, 0.6) is 0 Å². The van der Waals surface area contributed by atoms with Gasteiger partial charge in [-0.15, -0.1) is 0 Å². The Morgan fingerprint density at radius 1 is 1.27 bits per heavy atom. The molecule has 2 N–H and O–H groups in total. The maximum absolute atomic E-state index is 12.3. The molecule has 0 unspecified atom stereocenters. The van der Waals surface area contributed by atoms with Crippen molar-refractivity contribution in [1.29, 1.82) is 0 Å². The number of para-hydroxylation sites is 1. The number of nitrogens with one attached hydrogen (secondary N) is 1. The Kier molecular flexibility index (Phi) is 3.72. The second kappa shape index (κ2) is 5.69. The van der Waals surface area contributed by atoms with Crippen molar-refractivity contribution in [2.24, 2.45) is 7.05 Å². The summed E-state index contributed by atoms with van der Waals surface area (Å²) in [5.41, 5.74) is 1.48. The number of carbonyl (C=O) groups is 2. The fourth-order valence-electron chi connectivity index (χ4n) is 2.68. The summed E-state index contributed by atoms with van der Waals surface area (Å²) < 4.78 is 6.80. The maximum atomic E-state index is 12.3. The molecule has 1 fully saturated rings. The van der Waals surface area contributed by atoms with Crippen molar-refractivity contribution in [3.8, 4) is 0 Å². The molecule has 3 rings (SSSR count). The number of anilines is 1. The normalized spacial score (nSPS) is 15.0. The highest BCUT2D eigenvalue weighted by Crippen LogP contribution is 2.26. The topological polar surface area (TPSA) is 83.8 Å². The van der Waals surface area contributed by atoms with Gasteiger partial charge >= 0.3 is 12.0 Å². The monoisotopic (exact) mass is 303 g/mol. The number of amides is 2. The summed E-state index contributed by atoms with van der Waals surface area (Å²) >= 11 is 0. The molecule has 116 valence electrons. The largest absolute Gasteiger partial charge is 0.477 e. The van der Waals surface area contributed by atoms with Gasteiger partial charge in [-0.25, -0.2) is 9.59 Å². The number of rotatable bonds is 2. The first-order valence-electron chi connectivity index (χ1n) is 7.03. The van der Waals surface area contributed by atoms with E-state index in [0.29, 0.717) is 37.5 Å². The Hall–Kier alpha value is -2.54. The van der Waals surface area contributed by atoms with Gasteiger partial charge in [-0.1, -0.05) is 12.1 Å². The molecule has 2 aromatic rings. The van der Waals surface area contributed by atoms with Crippen LogP contribution in [0.15, 0.2) is 24.3 Å². The van der Waals surface area contributed by atoms with Gasteiger partial charge in [-0.2, -0.15) is 0 Å². The molecule has 0 saturated carbocycles. The molecule has 0 radical (unpaired) electrons. The number of fused-ring (bicyclic) bond motifs is 1.